The molecule has 0 spiro atoms. The predicted octanol–water partition coefficient (Wildman–Crippen LogP) is 1.49. The summed E-state index contributed by atoms with van der Waals surface area (Å²) in [6.07, 6.45) is 3.12. The molecular formula is C13H12N4O4S. The Kier molecular flexibility index (Phi) is 5.02. The van der Waals surface area contributed by atoms with Crippen LogP contribution in [0.15, 0.2) is 46.7 Å². The van der Waals surface area contributed by atoms with E-state index in [2.05, 4.69) is 9.97 Å². The van der Waals surface area contributed by atoms with Crippen LogP contribution in [-0.4, -0.2) is 32.0 Å². The average Bonchev–Trinajstić information content (AvgIpc) is 2.49. The van der Waals surface area contributed by atoms with Gasteiger partial charge in [-0.1, -0.05) is 0 Å². The van der Waals surface area contributed by atoms with Gasteiger partial charge >= 0.3 is 5.97 Å². The van der Waals surface area contributed by atoms with Crippen LogP contribution < -0.4 is 5.73 Å². The van der Waals surface area contributed by atoms with Gasteiger partial charge in [0.15, 0.2) is 5.16 Å². The number of carboxylic acids is 1. The molecule has 0 radical (unpaired) electrons. The smallest absolute Gasteiger partial charge is 0.320 e. The Labute approximate surface area is 129 Å². The number of hydrogen-bond donors (Lipinski definition) is 2. The first-order valence-electron chi connectivity index (χ1n) is 6.18. The molecule has 9 heteroatoms. The van der Waals surface area contributed by atoms with Crippen molar-refractivity contribution in [1.82, 2.24) is 9.97 Å². The molecule has 0 bridgehead atoms. The summed E-state index contributed by atoms with van der Waals surface area (Å²) in [5, 5.41) is 20.2. The lowest BCUT2D eigenvalue weighted by Gasteiger charge is -2.11. The largest absolute Gasteiger partial charge is 0.480 e. The molecule has 0 amide bonds. The first-order valence-corrected chi connectivity index (χ1v) is 6.99. The zero-order chi connectivity index (χ0) is 16.1. The van der Waals surface area contributed by atoms with Gasteiger partial charge < -0.3 is 10.8 Å². The third-order valence-electron chi connectivity index (χ3n) is 2.76. The summed E-state index contributed by atoms with van der Waals surface area (Å²) < 4.78 is 0. The third kappa shape index (κ3) is 3.99. The number of nitro groups is 1. The second-order valence-electron chi connectivity index (χ2n) is 4.33. The molecular weight excluding hydrogens is 308 g/mol. The number of hydrogen-bond acceptors (Lipinski definition) is 7. The van der Waals surface area contributed by atoms with E-state index >= 15 is 0 Å². The second-order valence-corrected chi connectivity index (χ2v) is 5.34. The maximum atomic E-state index is 10.9. The molecule has 1 heterocycles. The molecule has 2 rings (SSSR count). The molecule has 0 aliphatic heterocycles. The highest BCUT2D eigenvalue weighted by molar-refractivity contribution is 7.99. The van der Waals surface area contributed by atoms with Crippen molar-refractivity contribution in [1.29, 1.82) is 0 Å². The Morgan fingerprint density at radius 1 is 1.41 bits per heavy atom. The number of nitrogens with zero attached hydrogens (tertiary/aromatic N) is 3. The Morgan fingerprint density at radius 2 is 2.09 bits per heavy atom. The van der Waals surface area contributed by atoms with Crippen LogP contribution in [0.1, 0.15) is 5.56 Å². The minimum Gasteiger partial charge on any atom is -0.480 e. The third-order valence-corrected chi connectivity index (χ3v) is 3.77. The van der Waals surface area contributed by atoms with Crippen molar-refractivity contribution in [2.45, 2.75) is 22.5 Å². The normalized spacial score (nSPS) is 11.9. The number of nitro benzene ring substituents is 1. The Balaban J connectivity index is 2.34. The molecule has 0 aliphatic carbocycles. The maximum absolute atomic E-state index is 10.9. The fourth-order valence-corrected chi connectivity index (χ4v) is 2.53. The van der Waals surface area contributed by atoms with E-state index in [4.69, 9.17) is 10.8 Å². The summed E-state index contributed by atoms with van der Waals surface area (Å²) >= 11 is 1.20. The molecule has 1 atom stereocenters. The van der Waals surface area contributed by atoms with Crippen LogP contribution >= 0.6 is 11.8 Å². The van der Waals surface area contributed by atoms with E-state index in [1.54, 1.807) is 24.5 Å². The summed E-state index contributed by atoms with van der Waals surface area (Å²) in [4.78, 5) is 30.0. The Bertz CT molecular complexity index is 696. The van der Waals surface area contributed by atoms with E-state index in [0.29, 0.717) is 15.6 Å². The number of rotatable bonds is 6. The predicted molar refractivity (Wildman–Crippen MR) is 78.6 cm³/mol. The van der Waals surface area contributed by atoms with Gasteiger partial charge in [-0.05, 0) is 35.9 Å². The maximum Gasteiger partial charge on any atom is 0.320 e. The average molecular weight is 320 g/mol. The van der Waals surface area contributed by atoms with Crippen LogP contribution in [0.4, 0.5) is 5.69 Å². The van der Waals surface area contributed by atoms with E-state index < -0.39 is 16.9 Å². The molecule has 22 heavy (non-hydrogen) atoms. The van der Waals surface area contributed by atoms with Crippen molar-refractivity contribution in [2.75, 3.05) is 0 Å². The monoisotopic (exact) mass is 320 g/mol. The van der Waals surface area contributed by atoms with Crippen LogP contribution in [0.5, 0.6) is 0 Å². The molecule has 0 aliphatic rings. The molecule has 0 fully saturated rings. The van der Waals surface area contributed by atoms with E-state index in [9.17, 15) is 14.9 Å². The van der Waals surface area contributed by atoms with Crippen LogP contribution in [0.25, 0.3) is 0 Å². The minimum atomic E-state index is -1.17. The number of aromatic nitrogens is 2. The summed E-state index contributed by atoms with van der Waals surface area (Å²) in [5.41, 5.74) is 5.88. The number of benzene rings is 1. The van der Waals surface area contributed by atoms with E-state index in [1.807, 2.05) is 0 Å². The molecule has 1 unspecified atom stereocenters. The van der Waals surface area contributed by atoms with Crippen molar-refractivity contribution >= 4 is 23.4 Å². The van der Waals surface area contributed by atoms with Gasteiger partial charge in [0.05, 0.1) is 4.92 Å². The molecule has 8 nitrogen and oxygen atoms in total. The SMILES string of the molecule is NC(Cc1cc([N+](=O)[O-])ccc1Sc1ncccn1)C(=O)O. The van der Waals surface area contributed by atoms with E-state index in [-0.39, 0.29) is 12.1 Å². The highest BCUT2D eigenvalue weighted by atomic mass is 32.2. The van der Waals surface area contributed by atoms with Gasteiger partial charge in [-0.25, -0.2) is 9.97 Å². The molecule has 114 valence electrons. The zero-order valence-electron chi connectivity index (χ0n) is 11.2. The van der Waals surface area contributed by atoms with Gasteiger partial charge in [0.2, 0.25) is 0 Å². The standard InChI is InChI=1S/C13H12N4O4S/c14-10(12(18)19)7-8-6-9(17(20)21)2-3-11(8)22-13-15-4-1-5-16-13/h1-6,10H,7,14H2,(H,18,19). The quantitative estimate of drug-likeness (QED) is 0.464. The lowest BCUT2D eigenvalue weighted by atomic mass is 10.1. The summed E-state index contributed by atoms with van der Waals surface area (Å²) in [5.74, 6) is -1.17. The van der Waals surface area contributed by atoms with Crippen LogP contribution in [0.2, 0.25) is 0 Å². The number of non-ortho nitro benzene ring substituents is 1. The van der Waals surface area contributed by atoms with Crippen molar-refractivity contribution < 1.29 is 14.8 Å². The number of nitrogens with two attached hydrogens (primary N) is 1. The highest BCUT2D eigenvalue weighted by Crippen LogP contribution is 2.31. The van der Waals surface area contributed by atoms with Gasteiger partial charge in [0.25, 0.3) is 5.69 Å². The van der Waals surface area contributed by atoms with Gasteiger partial charge in [0.1, 0.15) is 6.04 Å². The van der Waals surface area contributed by atoms with Crippen LogP contribution in [0.3, 0.4) is 0 Å². The van der Waals surface area contributed by atoms with Gasteiger partial charge in [-0.3, -0.25) is 14.9 Å². The second kappa shape index (κ2) is 6.96. The molecule has 0 saturated carbocycles. The first kappa shape index (κ1) is 15.9. The van der Waals surface area contributed by atoms with Crippen molar-refractivity contribution in [3.8, 4) is 0 Å². The molecule has 1 aromatic carbocycles. The number of aliphatic carboxylic acids is 1. The first-order chi connectivity index (χ1) is 10.5. The fourth-order valence-electron chi connectivity index (χ4n) is 1.70. The summed E-state index contributed by atoms with van der Waals surface area (Å²) in [6.45, 7) is 0. The summed E-state index contributed by atoms with van der Waals surface area (Å²) in [7, 11) is 0. The molecule has 3 N–H and O–H groups in total. The van der Waals surface area contributed by atoms with Crippen LogP contribution in [-0.2, 0) is 11.2 Å². The molecule has 2 aromatic rings. The zero-order valence-corrected chi connectivity index (χ0v) is 12.1. The molecule has 0 saturated heterocycles. The lowest BCUT2D eigenvalue weighted by molar-refractivity contribution is -0.385. The number of carbonyl (C=O) groups is 1. The van der Waals surface area contributed by atoms with Crippen molar-refractivity contribution in [3.63, 3.8) is 0 Å². The Hall–Kier alpha value is -2.52. The van der Waals surface area contributed by atoms with Gasteiger partial charge in [0, 0.05) is 29.4 Å². The topological polar surface area (TPSA) is 132 Å². The molecule has 1 aromatic heterocycles. The highest BCUT2D eigenvalue weighted by Gasteiger charge is 2.18. The van der Waals surface area contributed by atoms with Gasteiger partial charge in [-0.15, -0.1) is 0 Å². The summed E-state index contributed by atoms with van der Waals surface area (Å²) in [6, 6.07) is 4.75. The fraction of sp³-hybridized carbons (Fsp3) is 0.154. The number of carboxylic acid groups (broad SMARTS) is 1. The lowest BCUT2D eigenvalue weighted by Crippen LogP contribution is -2.32. The van der Waals surface area contributed by atoms with E-state index in [1.165, 1.54) is 23.9 Å². The van der Waals surface area contributed by atoms with Crippen molar-refractivity contribution in [3.05, 3.63) is 52.3 Å². The van der Waals surface area contributed by atoms with E-state index in [0.717, 1.165) is 0 Å². The minimum absolute atomic E-state index is 0.0216. The van der Waals surface area contributed by atoms with Crippen molar-refractivity contribution in [2.24, 2.45) is 5.73 Å². The van der Waals surface area contributed by atoms with Gasteiger partial charge in [-0.2, -0.15) is 0 Å². The Morgan fingerprint density at radius 3 is 2.68 bits per heavy atom. The van der Waals surface area contributed by atoms with Crippen LogP contribution in [0, 0.1) is 10.1 Å².